The number of aromatic nitrogens is 1. The molecule has 7 heteroatoms. The molecule has 5 nitrogen and oxygen atoms in total. The van der Waals surface area contributed by atoms with Crippen LogP contribution in [0.3, 0.4) is 0 Å². The van der Waals surface area contributed by atoms with Gasteiger partial charge in [-0.2, -0.15) is 0 Å². The van der Waals surface area contributed by atoms with Crippen LogP contribution in [0.4, 0.5) is 11.4 Å². The van der Waals surface area contributed by atoms with Gasteiger partial charge in [-0.25, -0.2) is 0 Å². The molecule has 0 aliphatic heterocycles. The van der Waals surface area contributed by atoms with E-state index in [0.717, 1.165) is 11.1 Å². The van der Waals surface area contributed by atoms with Gasteiger partial charge in [0.25, 0.3) is 5.91 Å². The highest BCUT2D eigenvalue weighted by Crippen LogP contribution is 2.31. The fourth-order valence-corrected chi connectivity index (χ4v) is 2.58. The minimum absolute atomic E-state index is 0.0784. The number of nitrogens with two attached hydrogens (primary N) is 1. The van der Waals surface area contributed by atoms with Crippen LogP contribution in [0.5, 0.6) is 0 Å². The lowest BCUT2D eigenvalue weighted by Gasteiger charge is -2.06. The Kier molecular flexibility index (Phi) is 4.46. The van der Waals surface area contributed by atoms with Gasteiger partial charge >= 0.3 is 0 Å². The summed E-state index contributed by atoms with van der Waals surface area (Å²) in [4.78, 5) is 12.3. The first kappa shape index (κ1) is 16.4. The van der Waals surface area contributed by atoms with E-state index in [9.17, 15) is 4.79 Å². The summed E-state index contributed by atoms with van der Waals surface area (Å²) in [6.45, 7) is 1.99. The summed E-state index contributed by atoms with van der Waals surface area (Å²) >= 11 is 11.9. The Labute approximate surface area is 148 Å². The molecule has 0 saturated carbocycles. The quantitative estimate of drug-likeness (QED) is 0.657. The molecule has 0 saturated heterocycles. The molecule has 3 rings (SSSR count). The van der Waals surface area contributed by atoms with Crippen molar-refractivity contribution >= 4 is 40.5 Å². The Morgan fingerprint density at radius 1 is 1.12 bits per heavy atom. The van der Waals surface area contributed by atoms with Gasteiger partial charge in [0, 0.05) is 17.3 Å². The fraction of sp³-hybridized carbons (Fsp3) is 0.0588. The third kappa shape index (κ3) is 3.37. The summed E-state index contributed by atoms with van der Waals surface area (Å²) in [6.07, 6.45) is 0. The first-order valence-electron chi connectivity index (χ1n) is 7.03. The molecule has 3 N–H and O–H groups in total. The number of hydrogen-bond donors (Lipinski definition) is 2. The van der Waals surface area contributed by atoms with Crippen LogP contribution in [0.1, 0.15) is 16.1 Å². The molecule has 0 unspecified atom stereocenters. The number of carbonyl (C=O) groups is 1. The molecule has 2 aromatic carbocycles. The van der Waals surface area contributed by atoms with Crippen molar-refractivity contribution in [1.29, 1.82) is 0 Å². The van der Waals surface area contributed by atoms with Gasteiger partial charge in [0.15, 0.2) is 0 Å². The molecule has 0 atom stereocenters. The number of anilines is 2. The van der Waals surface area contributed by atoms with E-state index in [-0.39, 0.29) is 21.5 Å². The first-order chi connectivity index (χ1) is 11.4. The second kappa shape index (κ2) is 6.55. The number of nitrogens with zero attached hydrogens (tertiary/aromatic N) is 1. The van der Waals surface area contributed by atoms with E-state index in [0.29, 0.717) is 11.4 Å². The Balaban J connectivity index is 1.80. The molecule has 1 aromatic heterocycles. The standard InChI is InChI=1S/C17H13Cl2N3O2/c1-9-2-4-10(5-3-9)14-8-15(24-22-14)17(23)21-11-6-12(18)16(20)13(19)7-11/h2-8H,20H2,1H3,(H,21,23). The van der Waals surface area contributed by atoms with Gasteiger partial charge in [-0.15, -0.1) is 0 Å². The van der Waals surface area contributed by atoms with E-state index in [2.05, 4.69) is 10.5 Å². The van der Waals surface area contributed by atoms with Crippen LogP contribution < -0.4 is 11.1 Å². The van der Waals surface area contributed by atoms with Gasteiger partial charge in [0.1, 0.15) is 5.69 Å². The zero-order chi connectivity index (χ0) is 17.3. The summed E-state index contributed by atoms with van der Waals surface area (Å²) < 4.78 is 5.11. The lowest BCUT2D eigenvalue weighted by Crippen LogP contribution is -2.11. The second-order valence-electron chi connectivity index (χ2n) is 5.25. The number of hydrogen-bond acceptors (Lipinski definition) is 4. The fourth-order valence-electron chi connectivity index (χ4n) is 2.09. The van der Waals surface area contributed by atoms with E-state index < -0.39 is 5.91 Å². The largest absolute Gasteiger partial charge is 0.396 e. The molecule has 0 aliphatic carbocycles. The molecule has 0 bridgehead atoms. The highest BCUT2D eigenvalue weighted by atomic mass is 35.5. The maximum absolute atomic E-state index is 12.3. The molecule has 1 heterocycles. The summed E-state index contributed by atoms with van der Waals surface area (Å²) in [5.74, 6) is -0.382. The summed E-state index contributed by atoms with van der Waals surface area (Å²) in [7, 11) is 0. The predicted molar refractivity (Wildman–Crippen MR) is 95.5 cm³/mol. The molecule has 0 fully saturated rings. The normalized spacial score (nSPS) is 10.6. The van der Waals surface area contributed by atoms with E-state index in [1.807, 2.05) is 31.2 Å². The summed E-state index contributed by atoms with van der Waals surface area (Å²) in [5.41, 5.74) is 8.92. The number of carbonyl (C=O) groups excluding carboxylic acids is 1. The Morgan fingerprint density at radius 3 is 2.38 bits per heavy atom. The van der Waals surface area contributed by atoms with Crippen molar-refractivity contribution in [2.45, 2.75) is 6.92 Å². The molecule has 3 aromatic rings. The van der Waals surface area contributed by atoms with Crippen molar-refractivity contribution in [2.24, 2.45) is 0 Å². The molecule has 24 heavy (non-hydrogen) atoms. The number of nitrogens with one attached hydrogen (secondary N) is 1. The van der Waals surface area contributed by atoms with E-state index >= 15 is 0 Å². The zero-order valence-corrected chi connectivity index (χ0v) is 14.2. The molecule has 0 aliphatic rings. The molecule has 0 radical (unpaired) electrons. The number of aryl methyl sites for hydroxylation is 1. The van der Waals surface area contributed by atoms with Crippen molar-refractivity contribution in [2.75, 3.05) is 11.1 Å². The van der Waals surface area contributed by atoms with Crippen LogP contribution >= 0.6 is 23.2 Å². The van der Waals surface area contributed by atoms with Crippen LogP contribution in [0.25, 0.3) is 11.3 Å². The lowest BCUT2D eigenvalue weighted by molar-refractivity contribution is 0.0988. The molecule has 1 amide bonds. The number of benzene rings is 2. The average Bonchev–Trinajstić information content (AvgIpc) is 3.03. The number of halogens is 2. The highest BCUT2D eigenvalue weighted by Gasteiger charge is 2.15. The predicted octanol–water partition coefficient (Wildman–Crippen LogP) is 4.79. The summed E-state index contributed by atoms with van der Waals surface area (Å²) in [5, 5.41) is 7.08. The van der Waals surface area contributed by atoms with Crippen LogP contribution in [0.15, 0.2) is 47.0 Å². The minimum Gasteiger partial charge on any atom is -0.396 e. The smallest absolute Gasteiger partial charge is 0.294 e. The molecule has 0 spiro atoms. The highest BCUT2D eigenvalue weighted by molar-refractivity contribution is 6.39. The van der Waals surface area contributed by atoms with Crippen LogP contribution in [0.2, 0.25) is 10.0 Å². The SMILES string of the molecule is Cc1ccc(-c2cc(C(=O)Nc3cc(Cl)c(N)c(Cl)c3)on2)cc1. The topological polar surface area (TPSA) is 81.2 Å². The van der Waals surface area contributed by atoms with Gasteiger partial charge in [-0.3, -0.25) is 4.79 Å². The molecular weight excluding hydrogens is 349 g/mol. The van der Waals surface area contributed by atoms with Gasteiger partial charge < -0.3 is 15.6 Å². The monoisotopic (exact) mass is 361 g/mol. The zero-order valence-electron chi connectivity index (χ0n) is 12.6. The molecule has 122 valence electrons. The van der Waals surface area contributed by atoms with Crippen molar-refractivity contribution in [3.05, 3.63) is 63.8 Å². The third-order valence-electron chi connectivity index (χ3n) is 3.42. The van der Waals surface area contributed by atoms with Crippen molar-refractivity contribution in [3.8, 4) is 11.3 Å². The van der Waals surface area contributed by atoms with E-state index in [1.165, 1.54) is 12.1 Å². The van der Waals surface area contributed by atoms with Gasteiger partial charge in [-0.05, 0) is 19.1 Å². The van der Waals surface area contributed by atoms with Crippen LogP contribution in [0, 0.1) is 6.92 Å². The number of amides is 1. The number of rotatable bonds is 3. The van der Waals surface area contributed by atoms with Crippen molar-refractivity contribution < 1.29 is 9.32 Å². The second-order valence-corrected chi connectivity index (χ2v) is 6.06. The van der Waals surface area contributed by atoms with E-state index in [4.69, 9.17) is 33.5 Å². The van der Waals surface area contributed by atoms with Gasteiger partial charge in [0.05, 0.1) is 15.7 Å². The molecular formula is C17H13Cl2N3O2. The van der Waals surface area contributed by atoms with Crippen molar-refractivity contribution in [3.63, 3.8) is 0 Å². The Morgan fingerprint density at radius 2 is 1.75 bits per heavy atom. The lowest BCUT2D eigenvalue weighted by atomic mass is 10.1. The minimum atomic E-state index is -0.460. The third-order valence-corrected chi connectivity index (χ3v) is 4.04. The van der Waals surface area contributed by atoms with Crippen LogP contribution in [-0.2, 0) is 0 Å². The Hall–Kier alpha value is -2.50. The Bertz CT molecular complexity index is 881. The van der Waals surface area contributed by atoms with E-state index in [1.54, 1.807) is 6.07 Å². The maximum Gasteiger partial charge on any atom is 0.294 e. The van der Waals surface area contributed by atoms with Gasteiger partial charge in [-0.1, -0.05) is 58.2 Å². The van der Waals surface area contributed by atoms with Gasteiger partial charge in [0.2, 0.25) is 5.76 Å². The van der Waals surface area contributed by atoms with Crippen molar-refractivity contribution in [1.82, 2.24) is 5.16 Å². The summed E-state index contributed by atoms with van der Waals surface area (Å²) in [6, 6.07) is 12.3. The van der Waals surface area contributed by atoms with Crippen LogP contribution in [-0.4, -0.2) is 11.1 Å². The number of nitrogen functional groups attached to an aromatic ring is 1. The maximum atomic E-state index is 12.3. The first-order valence-corrected chi connectivity index (χ1v) is 7.79. The average molecular weight is 362 g/mol.